The summed E-state index contributed by atoms with van der Waals surface area (Å²) in [6, 6.07) is 17.3. The summed E-state index contributed by atoms with van der Waals surface area (Å²) in [7, 11) is 1.65. The molecule has 166 valence electrons. The zero-order valence-electron chi connectivity index (χ0n) is 18.3. The van der Waals surface area contributed by atoms with E-state index in [1.54, 1.807) is 7.11 Å². The number of amides is 2. The molecular weight excluding hydrogens is 404 g/mol. The van der Waals surface area contributed by atoms with E-state index in [0.29, 0.717) is 31.3 Å². The molecule has 1 saturated carbocycles. The molecule has 2 amide bonds. The smallest absolute Gasteiger partial charge is 0.289 e. The zero-order valence-corrected chi connectivity index (χ0v) is 18.3. The second-order valence-corrected chi connectivity index (χ2v) is 8.88. The second-order valence-electron chi connectivity index (χ2n) is 8.88. The normalized spacial score (nSPS) is 17.8. The average Bonchev–Trinajstić information content (AvgIpc) is 3.54. The highest BCUT2D eigenvalue weighted by Gasteiger charge is 2.52. The number of nitrogens with one attached hydrogen (secondary N) is 1. The SMILES string of the molecule is COc1ccccc1C1(C(=O)NCC2CCN(C(=O)c3cc4ccccc4o3)CC2)CC1. The topological polar surface area (TPSA) is 71.8 Å². The highest BCUT2D eigenvalue weighted by Crippen LogP contribution is 2.51. The summed E-state index contributed by atoms with van der Waals surface area (Å²) < 4.78 is 11.2. The molecule has 1 saturated heterocycles. The zero-order chi connectivity index (χ0) is 22.1. The van der Waals surface area contributed by atoms with E-state index in [1.165, 1.54) is 0 Å². The molecule has 6 heteroatoms. The number of fused-ring (bicyclic) bond motifs is 1. The second kappa shape index (κ2) is 8.34. The van der Waals surface area contributed by atoms with Gasteiger partial charge in [0.05, 0.1) is 12.5 Å². The van der Waals surface area contributed by atoms with Gasteiger partial charge in [-0.05, 0) is 49.8 Å². The Morgan fingerprint density at radius 3 is 2.53 bits per heavy atom. The van der Waals surface area contributed by atoms with Crippen LogP contribution in [0.15, 0.2) is 59.0 Å². The number of carbonyl (C=O) groups is 2. The van der Waals surface area contributed by atoms with Crippen molar-refractivity contribution < 1.29 is 18.7 Å². The average molecular weight is 433 g/mol. The minimum atomic E-state index is -0.454. The molecule has 32 heavy (non-hydrogen) atoms. The van der Waals surface area contributed by atoms with Crippen molar-refractivity contribution in [2.24, 2.45) is 5.92 Å². The lowest BCUT2D eigenvalue weighted by molar-refractivity contribution is -0.123. The van der Waals surface area contributed by atoms with Gasteiger partial charge in [-0.25, -0.2) is 0 Å². The standard InChI is InChI=1S/C26H28N2O4/c1-31-22-9-5-3-7-20(22)26(12-13-26)25(30)27-17-18-10-14-28(15-11-18)24(29)23-16-19-6-2-4-8-21(19)32-23/h2-9,16,18H,10-15,17H2,1H3,(H,27,30). The first kappa shape index (κ1) is 20.6. The summed E-state index contributed by atoms with van der Waals surface area (Å²) in [6.45, 7) is 1.99. The van der Waals surface area contributed by atoms with Crippen LogP contribution in [0.1, 0.15) is 41.8 Å². The summed E-state index contributed by atoms with van der Waals surface area (Å²) in [5.41, 5.74) is 1.26. The van der Waals surface area contributed by atoms with Crippen LogP contribution in [0.25, 0.3) is 11.0 Å². The number of furan rings is 1. The highest BCUT2D eigenvalue weighted by molar-refractivity contribution is 5.96. The van der Waals surface area contributed by atoms with Crippen LogP contribution in [0.2, 0.25) is 0 Å². The van der Waals surface area contributed by atoms with E-state index in [1.807, 2.05) is 59.5 Å². The first-order valence-electron chi connectivity index (χ1n) is 11.3. The van der Waals surface area contributed by atoms with Gasteiger partial charge >= 0.3 is 0 Å². The molecular formula is C26H28N2O4. The highest BCUT2D eigenvalue weighted by atomic mass is 16.5. The number of rotatable bonds is 6. The summed E-state index contributed by atoms with van der Waals surface area (Å²) >= 11 is 0. The number of benzene rings is 2. The molecule has 6 nitrogen and oxygen atoms in total. The number of likely N-dealkylation sites (tertiary alicyclic amines) is 1. The van der Waals surface area contributed by atoms with Crippen molar-refractivity contribution in [3.05, 3.63) is 65.9 Å². The van der Waals surface area contributed by atoms with E-state index < -0.39 is 5.41 Å². The van der Waals surface area contributed by atoms with E-state index in [9.17, 15) is 9.59 Å². The molecule has 1 N–H and O–H groups in total. The van der Waals surface area contributed by atoms with Crippen molar-refractivity contribution in [3.8, 4) is 5.75 Å². The number of nitrogens with zero attached hydrogens (tertiary/aromatic N) is 1. The third-order valence-corrected chi connectivity index (χ3v) is 6.90. The van der Waals surface area contributed by atoms with Crippen LogP contribution < -0.4 is 10.1 Å². The van der Waals surface area contributed by atoms with Gasteiger partial charge in [0, 0.05) is 30.6 Å². The molecule has 0 spiro atoms. The Hall–Kier alpha value is -3.28. The number of ether oxygens (including phenoxy) is 1. The van der Waals surface area contributed by atoms with E-state index in [0.717, 1.165) is 48.0 Å². The molecule has 0 atom stereocenters. The molecule has 1 aromatic heterocycles. The van der Waals surface area contributed by atoms with Crippen molar-refractivity contribution in [1.82, 2.24) is 10.2 Å². The maximum atomic E-state index is 13.0. The van der Waals surface area contributed by atoms with Crippen molar-refractivity contribution in [2.45, 2.75) is 31.1 Å². The van der Waals surface area contributed by atoms with Crippen LogP contribution in [-0.2, 0) is 10.2 Å². The monoisotopic (exact) mass is 432 g/mol. The van der Waals surface area contributed by atoms with Crippen LogP contribution in [0.4, 0.5) is 0 Å². The third kappa shape index (κ3) is 3.74. The van der Waals surface area contributed by atoms with Crippen molar-refractivity contribution >= 4 is 22.8 Å². The summed E-state index contributed by atoms with van der Waals surface area (Å²) in [4.78, 5) is 27.7. The quantitative estimate of drug-likeness (QED) is 0.635. The summed E-state index contributed by atoms with van der Waals surface area (Å²) in [5, 5.41) is 4.12. The van der Waals surface area contributed by atoms with Gasteiger partial charge in [0.2, 0.25) is 5.91 Å². The molecule has 2 aliphatic rings. The fourth-order valence-corrected chi connectivity index (χ4v) is 4.77. The van der Waals surface area contributed by atoms with Gasteiger partial charge in [0.25, 0.3) is 5.91 Å². The van der Waals surface area contributed by atoms with Gasteiger partial charge in [-0.1, -0.05) is 36.4 Å². The molecule has 2 heterocycles. The Morgan fingerprint density at radius 1 is 1.09 bits per heavy atom. The van der Waals surface area contributed by atoms with Gasteiger partial charge in [0.15, 0.2) is 5.76 Å². The Bertz CT molecular complexity index is 1110. The fourth-order valence-electron chi connectivity index (χ4n) is 4.77. The maximum absolute atomic E-state index is 13.0. The third-order valence-electron chi connectivity index (χ3n) is 6.90. The maximum Gasteiger partial charge on any atom is 0.289 e. The minimum absolute atomic E-state index is 0.0585. The van der Waals surface area contributed by atoms with Crippen LogP contribution in [0.3, 0.4) is 0 Å². The van der Waals surface area contributed by atoms with E-state index in [2.05, 4.69) is 5.32 Å². The number of methoxy groups -OCH3 is 1. The van der Waals surface area contributed by atoms with Gasteiger partial charge in [-0.15, -0.1) is 0 Å². The number of carbonyl (C=O) groups excluding carboxylic acids is 2. The van der Waals surface area contributed by atoms with Gasteiger partial charge in [0.1, 0.15) is 11.3 Å². The Morgan fingerprint density at radius 2 is 1.81 bits per heavy atom. The molecule has 3 aromatic rings. The fraction of sp³-hybridized carbons (Fsp3) is 0.385. The molecule has 2 aromatic carbocycles. The number of hydrogen-bond donors (Lipinski definition) is 1. The first-order chi connectivity index (χ1) is 15.6. The molecule has 2 fully saturated rings. The molecule has 5 rings (SSSR count). The molecule has 1 aliphatic heterocycles. The van der Waals surface area contributed by atoms with Crippen molar-refractivity contribution in [3.63, 3.8) is 0 Å². The Balaban J connectivity index is 1.15. The van der Waals surface area contributed by atoms with Crippen LogP contribution in [-0.4, -0.2) is 43.5 Å². The van der Waals surface area contributed by atoms with Gasteiger partial charge < -0.3 is 19.4 Å². The van der Waals surface area contributed by atoms with Crippen molar-refractivity contribution in [2.75, 3.05) is 26.7 Å². The predicted molar refractivity (Wildman–Crippen MR) is 122 cm³/mol. The Kier molecular flexibility index (Phi) is 5.37. The van der Waals surface area contributed by atoms with Gasteiger partial charge in [-0.2, -0.15) is 0 Å². The summed E-state index contributed by atoms with van der Waals surface area (Å²) in [5.74, 6) is 1.56. The van der Waals surface area contributed by atoms with E-state index in [-0.39, 0.29) is 11.8 Å². The number of hydrogen-bond acceptors (Lipinski definition) is 4. The lowest BCUT2D eigenvalue weighted by Gasteiger charge is -2.32. The minimum Gasteiger partial charge on any atom is -0.496 e. The number of para-hydroxylation sites is 2. The molecule has 1 aliphatic carbocycles. The number of piperidine rings is 1. The predicted octanol–water partition coefficient (Wildman–Crippen LogP) is 4.14. The Labute approximate surface area is 187 Å². The van der Waals surface area contributed by atoms with Gasteiger partial charge in [-0.3, -0.25) is 9.59 Å². The summed E-state index contributed by atoms with van der Waals surface area (Å²) in [6.07, 6.45) is 3.44. The molecule has 0 bridgehead atoms. The molecule has 0 unspecified atom stereocenters. The van der Waals surface area contributed by atoms with E-state index in [4.69, 9.17) is 9.15 Å². The van der Waals surface area contributed by atoms with Crippen LogP contribution in [0, 0.1) is 5.92 Å². The van der Waals surface area contributed by atoms with Crippen LogP contribution >= 0.6 is 0 Å². The van der Waals surface area contributed by atoms with E-state index >= 15 is 0 Å². The van der Waals surface area contributed by atoms with Crippen LogP contribution in [0.5, 0.6) is 5.75 Å². The lowest BCUT2D eigenvalue weighted by atomic mass is 9.92. The van der Waals surface area contributed by atoms with Crippen molar-refractivity contribution in [1.29, 1.82) is 0 Å². The largest absolute Gasteiger partial charge is 0.496 e. The lowest BCUT2D eigenvalue weighted by Crippen LogP contribution is -2.43. The first-order valence-corrected chi connectivity index (χ1v) is 11.3. The molecule has 0 radical (unpaired) electrons.